The van der Waals surface area contributed by atoms with E-state index in [4.69, 9.17) is 0 Å². The van der Waals surface area contributed by atoms with Gasteiger partial charge in [0.1, 0.15) is 5.69 Å². The first kappa shape index (κ1) is 15.6. The van der Waals surface area contributed by atoms with Crippen LogP contribution >= 0.6 is 0 Å². The van der Waals surface area contributed by atoms with E-state index in [1.807, 2.05) is 0 Å². The SMILES string of the molecule is CCCNC(CC)C(C)c1ccc([N+](=O)[O-])c(C)n1. The second kappa shape index (κ2) is 7.19. The molecule has 19 heavy (non-hydrogen) atoms. The molecule has 2 atom stereocenters. The second-order valence-corrected chi connectivity index (χ2v) is 4.86. The zero-order valence-corrected chi connectivity index (χ0v) is 12.1. The number of nitro groups is 1. The number of nitrogens with one attached hydrogen (secondary N) is 1. The molecule has 0 aliphatic rings. The van der Waals surface area contributed by atoms with E-state index < -0.39 is 0 Å². The van der Waals surface area contributed by atoms with Crippen LogP contribution in [0.15, 0.2) is 12.1 Å². The summed E-state index contributed by atoms with van der Waals surface area (Å²) in [7, 11) is 0. The summed E-state index contributed by atoms with van der Waals surface area (Å²) in [5.41, 5.74) is 1.49. The van der Waals surface area contributed by atoms with Gasteiger partial charge in [-0.1, -0.05) is 20.8 Å². The van der Waals surface area contributed by atoms with Crippen LogP contribution in [0.3, 0.4) is 0 Å². The summed E-state index contributed by atoms with van der Waals surface area (Å²) < 4.78 is 0. The van der Waals surface area contributed by atoms with Gasteiger partial charge in [0.15, 0.2) is 0 Å². The lowest BCUT2D eigenvalue weighted by Gasteiger charge is -2.23. The van der Waals surface area contributed by atoms with Crippen LogP contribution in [-0.2, 0) is 0 Å². The molecule has 2 unspecified atom stereocenters. The highest BCUT2D eigenvalue weighted by atomic mass is 16.6. The van der Waals surface area contributed by atoms with Gasteiger partial charge in [0, 0.05) is 23.7 Å². The van der Waals surface area contributed by atoms with Gasteiger partial charge in [0.25, 0.3) is 5.69 Å². The molecule has 5 nitrogen and oxygen atoms in total. The van der Waals surface area contributed by atoms with Gasteiger partial charge in [-0.25, -0.2) is 0 Å². The Bertz CT molecular complexity index is 435. The average Bonchev–Trinajstić information content (AvgIpc) is 2.38. The molecule has 0 aliphatic carbocycles. The average molecular weight is 265 g/mol. The molecular formula is C14H23N3O2. The van der Waals surface area contributed by atoms with Crippen molar-refractivity contribution in [3.05, 3.63) is 33.6 Å². The highest BCUT2D eigenvalue weighted by Crippen LogP contribution is 2.23. The Morgan fingerprint density at radius 1 is 1.42 bits per heavy atom. The zero-order chi connectivity index (χ0) is 14.4. The molecule has 0 spiro atoms. The standard InChI is InChI=1S/C14H23N3O2/c1-5-9-15-12(6-2)10(3)13-7-8-14(17(18)19)11(4)16-13/h7-8,10,12,15H,5-6,9H2,1-4H3. The first-order valence-corrected chi connectivity index (χ1v) is 6.86. The van der Waals surface area contributed by atoms with Crippen molar-refractivity contribution in [3.63, 3.8) is 0 Å². The minimum Gasteiger partial charge on any atom is -0.313 e. The van der Waals surface area contributed by atoms with Gasteiger partial charge in [-0.2, -0.15) is 0 Å². The number of hydrogen-bond acceptors (Lipinski definition) is 4. The van der Waals surface area contributed by atoms with Crippen LogP contribution in [0.5, 0.6) is 0 Å². The Balaban J connectivity index is 2.89. The number of aryl methyl sites for hydroxylation is 1. The number of aromatic nitrogens is 1. The lowest BCUT2D eigenvalue weighted by molar-refractivity contribution is -0.385. The van der Waals surface area contributed by atoms with Crippen LogP contribution in [0, 0.1) is 17.0 Å². The van der Waals surface area contributed by atoms with Crippen LogP contribution in [-0.4, -0.2) is 22.5 Å². The van der Waals surface area contributed by atoms with Crippen molar-refractivity contribution in [2.75, 3.05) is 6.54 Å². The first-order valence-electron chi connectivity index (χ1n) is 6.86. The smallest absolute Gasteiger partial charge is 0.290 e. The van der Waals surface area contributed by atoms with Crippen molar-refractivity contribution in [1.82, 2.24) is 10.3 Å². The fourth-order valence-electron chi connectivity index (χ4n) is 2.23. The van der Waals surface area contributed by atoms with Gasteiger partial charge in [0.05, 0.1) is 4.92 Å². The van der Waals surface area contributed by atoms with E-state index in [-0.39, 0.29) is 16.5 Å². The zero-order valence-electron chi connectivity index (χ0n) is 12.1. The second-order valence-electron chi connectivity index (χ2n) is 4.86. The van der Waals surface area contributed by atoms with E-state index in [1.165, 1.54) is 0 Å². The molecule has 106 valence electrons. The largest absolute Gasteiger partial charge is 0.313 e. The van der Waals surface area contributed by atoms with Crippen LogP contribution in [0.2, 0.25) is 0 Å². The minimum absolute atomic E-state index is 0.0884. The minimum atomic E-state index is -0.385. The summed E-state index contributed by atoms with van der Waals surface area (Å²) in [5.74, 6) is 0.246. The molecule has 0 fully saturated rings. The third-order valence-corrected chi connectivity index (χ3v) is 3.44. The lowest BCUT2D eigenvalue weighted by Crippen LogP contribution is -2.34. The van der Waals surface area contributed by atoms with Crippen molar-refractivity contribution in [2.24, 2.45) is 0 Å². The van der Waals surface area contributed by atoms with Gasteiger partial charge in [-0.15, -0.1) is 0 Å². The van der Waals surface area contributed by atoms with E-state index in [0.717, 1.165) is 25.1 Å². The molecule has 1 rings (SSSR count). The molecule has 1 aromatic heterocycles. The van der Waals surface area contributed by atoms with E-state index in [9.17, 15) is 10.1 Å². The van der Waals surface area contributed by atoms with Crippen molar-refractivity contribution >= 4 is 5.69 Å². The summed E-state index contributed by atoms with van der Waals surface area (Å²) in [6.07, 6.45) is 2.11. The van der Waals surface area contributed by atoms with Gasteiger partial charge < -0.3 is 5.32 Å². The number of nitrogens with zero attached hydrogens (tertiary/aromatic N) is 2. The van der Waals surface area contributed by atoms with Gasteiger partial charge in [-0.3, -0.25) is 15.1 Å². The van der Waals surface area contributed by atoms with Crippen molar-refractivity contribution in [3.8, 4) is 0 Å². The van der Waals surface area contributed by atoms with Crippen molar-refractivity contribution < 1.29 is 4.92 Å². The molecule has 0 aromatic carbocycles. The van der Waals surface area contributed by atoms with Crippen molar-refractivity contribution in [1.29, 1.82) is 0 Å². The molecule has 1 aromatic rings. The fourth-order valence-corrected chi connectivity index (χ4v) is 2.23. The maximum atomic E-state index is 10.8. The number of rotatable bonds is 7. The molecule has 5 heteroatoms. The van der Waals surface area contributed by atoms with Gasteiger partial charge >= 0.3 is 0 Å². The summed E-state index contributed by atoms with van der Waals surface area (Å²) in [6, 6.07) is 3.68. The molecule has 0 amide bonds. The number of hydrogen-bond donors (Lipinski definition) is 1. The predicted molar refractivity (Wildman–Crippen MR) is 76.4 cm³/mol. The Labute approximate surface area is 114 Å². The molecule has 0 bridgehead atoms. The molecule has 0 aliphatic heterocycles. The molecule has 1 heterocycles. The third-order valence-electron chi connectivity index (χ3n) is 3.44. The number of pyridine rings is 1. The van der Waals surface area contributed by atoms with E-state index in [1.54, 1.807) is 19.1 Å². The molecule has 0 radical (unpaired) electrons. The quantitative estimate of drug-likeness (QED) is 0.607. The summed E-state index contributed by atoms with van der Waals surface area (Å²) in [4.78, 5) is 14.8. The Hall–Kier alpha value is -1.49. The monoisotopic (exact) mass is 265 g/mol. The maximum absolute atomic E-state index is 10.8. The Morgan fingerprint density at radius 2 is 2.11 bits per heavy atom. The van der Waals surface area contributed by atoms with E-state index in [0.29, 0.717) is 11.7 Å². The molecular weight excluding hydrogens is 242 g/mol. The Kier molecular flexibility index (Phi) is 5.89. The molecule has 0 saturated carbocycles. The van der Waals surface area contributed by atoms with E-state index in [2.05, 4.69) is 31.1 Å². The van der Waals surface area contributed by atoms with Crippen LogP contribution in [0.25, 0.3) is 0 Å². The summed E-state index contributed by atoms with van der Waals surface area (Å²) in [6.45, 7) is 9.06. The fraction of sp³-hybridized carbons (Fsp3) is 0.643. The van der Waals surface area contributed by atoms with Gasteiger partial charge in [0.2, 0.25) is 0 Å². The highest BCUT2D eigenvalue weighted by Gasteiger charge is 2.20. The Morgan fingerprint density at radius 3 is 2.58 bits per heavy atom. The van der Waals surface area contributed by atoms with Crippen LogP contribution in [0.4, 0.5) is 5.69 Å². The maximum Gasteiger partial charge on any atom is 0.290 e. The normalized spacial score (nSPS) is 14.1. The summed E-state index contributed by atoms with van der Waals surface area (Å²) in [5, 5.41) is 14.3. The lowest BCUT2D eigenvalue weighted by atomic mass is 9.95. The summed E-state index contributed by atoms with van der Waals surface area (Å²) >= 11 is 0. The van der Waals surface area contributed by atoms with Crippen LogP contribution in [0.1, 0.15) is 50.9 Å². The predicted octanol–water partition coefficient (Wildman–Crippen LogP) is 3.18. The third kappa shape index (κ3) is 3.99. The van der Waals surface area contributed by atoms with Gasteiger partial charge in [-0.05, 0) is 32.4 Å². The molecule has 1 N–H and O–H groups in total. The van der Waals surface area contributed by atoms with E-state index >= 15 is 0 Å². The first-order chi connectivity index (χ1) is 9.01. The van der Waals surface area contributed by atoms with Crippen LogP contribution < -0.4 is 5.32 Å². The highest BCUT2D eigenvalue weighted by molar-refractivity contribution is 5.36. The van der Waals surface area contributed by atoms with Crippen molar-refractivity contribution in [2.45, 2.75) is 52.5 Å². The topological polar surface area (TPSA) is 68.1 Å². The molecule has 0 saturated heterocycles.